The van der Waals surface area contributed by atoms with Gasteiger partial charge >= 0.3 is 0 Å². The lowest BCUT2D eigenvalue weighted by Gasteiger charge is -2.40. The molecule has 1 aliphatic rings. The number of hydrogen-bond acceptors (Lipinski definition) is 3. The molecule has 2 rings (SSSR count). The summed E-state index contributed by atoms with van der Waals surface area (Å²) in [5.41, 5.74) is 8.56. The monoisotopic (exact) mass is 221 g/mol. The van der Waals surface area contributed by atoms with Crippen molar-refractivity contribution in [2.45, 2.75) is 31.4 Å². The number of rotatable bonds is 4. The summed E-state index contributed by atoms with van der Waals surface area (Å²) in [7, 11) is 3.38. The van der Waals surface area contributed by atoms with E-state index in [2.05, 4.69) is 6.07 Å². The van der Waals surface area contributed by atoms with Crippen molar-refractivity contribution in [1.82, 2.24) is 0 Å². The van der Waals surface area contributed by atoms with E-state index >= 15 is 0 Å². The van der Waals surface area contributed by atoms with Crippen LogP contribution in [0, 0.1) is 0 Å². The highest BCUT2D eigenvalue weighted by molar-refractivity contribution is 5.40. The van der Waals surface area contributed by atoms with Gasteiger partial charge in [0.2, 0.25) is 0 Å². The van der Waals surface area contributed by atoms with E-state index in [0.717, 1.165) is 24.2 Å². The Morgan fingerprint density at radius 3 is 2.56 bits per heavy atom. The van der Waals surface area contributed by atoms with Crippen molar-refractivity contribution in [1.29, 1.82) is 0 Å². The molecule has 0 radical (unpaired) electrons. The van der Waals surface area contributed by atoms with Crippen LogP contribution >= 0.6 is 0 Å². The Morgan fingerprint density at radius 1 is 1.31 bits per heavy atom. The van der Waals surface area contributed by atoms with E-state index in [1.54, 1.807) is 14.2 Å². The first-order chi connectivity index (χ1) is 7.69. The third-order valence-electron chi connectivity index (χ3n) is 3.39. The summed E-state index contributed by atoms with van der Waals surface area (Å²) in [6.45, 7) is 0.589. The summed E-state index contributed by atoms with van der Waals surface area (Å²) in [5, 5.41) is 0. The van der Waals surface area contributed by atoms with Crippen LogP contribution in [0.15, 0.2) is 18.2 Å². The van der Waals surface area contributed by atoms with E-state index in [9.17, 15) is 0 Å². The summed E-state index contributed by atoms with van der Waals surface area (Å²) >= 11 is 0. The highest BCUT2D eigenvalue weighted by Gasteiger charge is 2.35. The molecule has 1 aromatic rings. The van der Waals surface area contributed by atoms with E-state index in [0.29, 0.717) is 6.61 Å². The number of benzene rings is 1. The van der Waals surface area contributed by atoms with Gasteiger partial charge in [-0.05, 0) is 42.5 Å². The van der Waals surface area contributed by atoms with Crippen LogP contribution in [0.2, 0.25) is 0 Å². The molecule has 0 aliphatic heterocycles. The molecule has 3 nitrogen and oxygen atoms in total. The van der Waals surface area contributed by atoms with Gasteiger partial charge in [-0.1, -0.05) is 6.07 Å². The normalized spacial score (nSPS) is 17.9. The molecule has 0 unspecified atom stereocenters. The topological polar surface area (TPSA) is 44.5 Å². The third kappa shape index (κ3) is 1.93. The third-order valence-corrected chi connectivity index (χ3v) is 3.39. The predicted molar refractivity (Wildman–Crippen MR) is 63.4 cm³/mol. The average Bonchev–Trinajstić information content (AvgIpc) is 2.26. The molecular formula is C13H19NO2. The molecule has 0 aromatic heterocycles. The minimum atomic E-state index is -0.139. The van der Waals surface area contributed by atoms with Crippen molar-refractivity contribution in [3.8, 4) is 5.75 Å². The largest absolute Gasteiger partial charge is 0.497 e. The smallest absolute Gasteiger partial charge is 0.119 e. The van der Waals surface area contributed by atoms with Crippen LogP contribution in [0.4, 0.5) is 0 Å². The number of nitrogens with two attached hydrogens (primary N) is 1. The van der Waals surface area contributed by atoms with Gasteiger partial charge in [-0.2, -0.15) is 0 Å². The second-order valence-electron chi connectivity index (χ2n) is 4.47. The van der Waals surface area contributed by atoms with Crippen LogP contribution in [-0.4, -0.2) is 14.2 Å². The Balaban J connectivity index is 2.35. The summed E-state index contributed by atoms with van der Waals surface area (Å²) in [6.07, 6.45) is 3.35. The number of hydrogen-bond donors (Lipinski definition) is 1. The van der Waals surface area contributed by atoms with Gasteiger partial charge in [-0.15, -0.1) is 0 Å². The predicted octanol–water partition coefficient (Wildman–Crippen LogP) is 2.18. The zero-order valence-corrected chi connectivity index (χ0v) is 9.95. The Labute approximate surface area is 96.5 Å². The summed E-state index contributed by atoms with van der Waals surface area (Å²) in [5.74, 6) is 0.860. The summed E-state index contributed by atoms with van der Waals surface area (Å²) in [6, 6.07) is 6.07. The van der Waals surface area contributed by atoms with Crippen molar-refractivity contribution in [2.24, 2.45) is 5.73 Å². The molecule has 1 fully saturated rings. The minimum Gasteiger partial charge on any atom is -0.497 e. The second kappa shape index (κ2) is 4.44. The van der Waals surface area contributed by atoms with Gasteiger partial charge in [0.1, 0.15) is 5.75 Å². The van der Waals surface area contributed by atoms with Gasteiger partial charge in [0.15, 0.2) is 0 Å². The van der Waals surface area contributed by atoms with Crippen LogP contribution in [0.1, 0.15) is 30.4 Å². The Hall–Kier alpha value is -1.06. The molecule has 0 saturated heterocycles. The molecule has 0 bridgehead atoms. The number of ether oxygens (including phenoxy) is 2. The molecular weight excluding hydrogens is 202 g/mol. The molecule has 88 valence electrons. The van der Waals surface area contributed by atoms with Crippen molar-refractivity contribution in [2.75, 3.05) is 14.2 Å². The zero-order valence-electron chi connectivity index (χ0n) is 9.95. The lowest BCUT2D eigenvalue weighted by atomic mass is 9.71. The van der Waals surface area contributed by atoms with Gasteiger partial charge in [-0.25, -0.2) is 0 Å². The SMILES string of the molecule is COCc1cc(OC)ccc1C1(N)CCC1. The van der Waals surface area contributed by atoms with Crippen LogP contribution in [0.3, 0.4) is 0 Å². The first-order valence-corrected chi connectivity index (χ1v) is 5.65. The lowest BCUT2D eigenvalue weighted by Crippen LogP contribution is -2.44. The van der Waals surface area contributed by atoms with E-state index < -0.39 is 0 Å². The molecule has 3 heteroatoms. The molecule has 0 spiro atoms. The van der Waals surface area contributed by atoms with Gasteiger partial charge in [0, 0.05) is 12.6 Å². The van der Waals surface area contributed by atoms with E-state index in [1.807, 2.05) is 12.1 Å². The minimum absolute atomic E-state index is 0.139. The summed E-state index contributed by atoms with van der Waals surface area (Å²) < 4.78 is 10.4. The quantitative estimate of drug-likeness (QED) is 0.847. The number of methoxy groups -OCH3 is 2. The Bertz CT molecular complexity index is 372. The first kappa shape index (κ1) is 11.4. The van der Waals surface area contributed by atoms with Crippen LogP contribution in [-0.2, 0) is 16.9 Å². The van der Waals surface area contributed by atoms with Crippen LogP contribution in [0.5, 0.6) is 5.75 Å². The van der Waals surface area contributed by atoms with Gasteiger partial charge in [0.05, 0.1) is 13.7 Å². The standard InChI is InChI=1S/C13H19NO2/c1-15-9-10-8-11(16-2)4-5-12(10)13(14)6-3-7-13/h4-5,8H,3,6-7,9,14H2,1-2H3. The van der Waals surface area contributed by atoms with E-state index in [1.165, 1.54) is 12.0 Å². The van der Waals surface area contributed by atoms with E-state index in [4.69, 9.17) is 15.2 Å². The Kier molecular flexibility index (Phi) is 3.17. The fourth-order valence-electron chi connectivity index (χ4n) is 2.28. The Morgan fingerprint density at radius 2 is 2.06 bits per heavy atom. The maximum atomic E-state index is 6.35. The highest BCUT2D eigenvalue weighted by atomic mass is 16.5. The van der Waals surface area contributed by atoms with Crippen molar-refractivity contribution in [3.63, 3.8) is 0 Å². The van der Waals surface area contributed by atoms with Crippen LogP contribution in [0.25, 0.3) is 0 Å². The zero-order chi connectivity index (χ0) is 11.6. The highest BCUT2D eigenvalue weighted by Crippen LogP contribution is 2.41. The molecule has 1 aromatic carbocycles. The van der Waals surface area contributed by atoms with Gasteiger partial charge in [-0.3, -0.25) is 0 Å². The molecule has 0 amide bonds. The van der Waals surface area contributed by atoms with Gasteiger partial charge in [0.25, 0.3) is 0 Å². The fraction of sp³-hybridized carbons (Fsp3) is 0.538. The molecule has 16 heavy (non-hydrogen) atoms. The maximum Gasteiger partial charge on any atom is 0.119 e. The molecule has 0 atom stereocenters. The van der Waals surface area contributed by atoms with Crippen molar-refractivity contribution >= 4 is 0 Å². The fourth-order valence-corrected chi connectivity index (χ4v) is 2.28. The van der Waals surface area contributed by atoms with Gasteiger partial charge < -0.3 is 15.2 Å². The van der Waals surface area contributed by atoms with Crippen molar-refractivity contribution < 1.29 is 9.47 Å². The van der Waals surface area contributed by atoms with Crippen molar-refractivity contribution in [3.05, 3.63) is 29.3 Å². The molecule has 1 saturated carbocycles. The molecule has 1 aliphatic carbocycles. The van der Waals surface area contributed by atoms with E-state index in [-0.39, 0.29) is 5.54 Å². The second-order valence-corrected chi connectivity index (χ2v) is 4.47. The van der Waals surface area contributed by atoms with Crippen LogP contribution < -0.4 is 10.5 Å². The summed E-state index contributed by atoms with van der Waals surface area (Å²) in [4.78, 5) is 0. The first-order valence-electron chi connectivity index (χ1n) is 5.65. The maximum absolute atomic E-state index is 6.35. The average molecular weight is 221 g/mol. The molecule has 2 N–H and O–H groups in total. The lowest BCUT2D eigenvalue weighted by molar-refractivity contribution is 0.177. The molecule has 0 heterocycles.